The lowest BCUT2D eigenvalue weighted by atomic mass is 10.1. The average Bonchev–Trinajstić information content (AvgIpc) is 2.87. The second-order valence-corrected chi connectivity index (χ2v) is 5.48. The number of carboxylic acid groups (broad SMARTS) is 1. The number of ketones is 1. The number of nitrogens with zero attached hydrogens (tertiary/aromatic N) is 1. The summed E-state index contributed by atoms with van der Waals surface area (Å²) in [5.41, 5.74) is 1.89. The Morgan fingerprint density at radius 1 is 1.24 bits per heavy atom. The van der Waals surface area contributed by atoms with Gasteiger partial charge in [-0.25, -0.2) is 0 Å². The van der Waals surface area contributed by atoms with Crippen molar-refractivity contribution >= 4 is 17.7 Å². The van der Waals surface area contributed by atoms with Crippen molar-refractivity contribution in [2.45, 2.75) is 38.6 Å². The molecule has 112 valence electrons. The summed E-state index contributed by atoms with van der Waals surface area (Å²) in [7, 11) is 0. The lowest BCUT2D eigenvalue weighted by Crippen LogP contribution is -2.41. The second kappa shape index (κ2) is 6.52. The molecule has 21 heavy (non-hydrogen) atoms. The highest BCUT2D eigenvalue weighted by Gasteiger charge is 2.33. The molecule has 1 saturated heterocycles. The molecule has 1 amide bonds. The molecular formula is C16H19NO4. The van der Waals surface area contributed by atoms with Crippen LogP contribution in [-0.4, -0.2) is 40.3 Å². The van der Waals surface area contributed by atoms with Gasteiger partial charge in [-0.2, -0.15) is 0 Å². The predicted octanol–water partition coefficient (Wildman–Crippen LogP) is 1.57. The average molecular weight is 289 g/mol. The maximum atomic E-state index is 12.2. The molecule has 1 atom stereocenters. The zero-order valence-electron chi connectivity index (χ0n) is 12.0. The maximum Gasteiger partial charge on any atom is 0.305 e. The van der Waals surface area contributed by atoms with Crippen molar-refractivity contribution in [3.63, 3.8) is 0 Å². The van der Waals surface area contributed by atoms with E-state index < -0.39 is 17.7 Å². The smallest absolute Gasteiger partial charge is 0.305 e. The van der Waals surface area contributed by atoms with Crippen molar-refractivity contribution in [2.24, 2.45) is 0 Å². The number of aliphatic carboxylic acids is 1. The molecule has 0 aromatic heterocycles. The van der Waals surface area contributed by atoms with Crippen molar-refractivity contribution in [3.8, 4) is 0 Å². The minimum atomic E-state index is -0.939. The van der Waals surface area contributed by atoms with Crippen molar-refractivity contribution in [1.82, 2.24) is 4.90 Å². The standard InChI is InChI=1S/C16H19NO4/c1-11-4-6-12(7-5-11)9-14(18)16(21)17-8-2-3-13(17)10-15(19)20/h4-7,13H,2-3,8-10H2,1H3,(H,19,20). The highest BCUT2D eigenvalue weighted by Crippen LogP contribution is 2.20. The van der Waals surface area contributed by atoms with Crippen LogP contribution in [0.3, 0.4) is 0 Å². The molecule has 1 aromatic rings. The Morgan fingerprint density at radius 3 is 2.52 bits per heavy atom. The summed E-state index contributed by atoms with van der Waals surface area (Å²) in [6, 6.07) is 7.11. The van der Waals surface area contributed by atoms with Gasteiger partial charge in [0.05, 0.1) is 6.42 Å². The lowest BCUT2D eigenvalue weighted by molar-refractivity contribution is -0.146. The lowest BCUT2D eigenvalue weighted by Gasteiger charge is -2.22. The number of hydrogen-bond donors (Lipinski definition) is 1. The van der Waals surface area contributed by atoms with Gasteiger partial charge in [0, 0.05) is 19.0 Å². The third-order valence-electron chi connectivity index (χ3n) is 3.77. The third kappa shape index (κ3) is 3.90. The first-order valence-electron chi connectivity index (χ1n) is 7.08. The molecule has 1 aromatic carbocycles. The summed E-state index contributed by atoms with van der Waals surface area (Å²) in [6.07, 6.45) is 1.37. The first-order chi connectivity index (χ1) is 9.97. The molecule has 1 N–H and O–H groups in total. The molecule has 0 spiro atoms. The van der Waals surface area contributed by atoms with E-state index in [0.717, 1.165) is 17.5 Å². The van der Waals surface area contributed by atoms with Crippen LogP contribution in [0, 0.1) is 6.92 Å². The Kier molecular flexibility index (Phi) is 4.73. The quantitative estimate of drug-likeness (QED) is 0.835. The molecule has 1 fully saturated rings. The Labute approximate surface area is 123 Å². The molecule has 5 heteroatoms. The van der Waals surface area contributed by atoms with E-state index in [1.807, 2.05) is 31.2 Å². The van der Waals surface area contributed by atoms with Gasteiger partial charge in [-0.15, -0.1) is 0 Å². The summed E-state index contributed by atoms with van der Waals surface area (Å²) < 4.78 is 0. The number of benzene rings is 1. The third-order valence-corrected chi connectivity index (χ3v) is 3.77. The molecule has 0 bridgehead atoms. The van der Waals surface area contributed by atoms with Crippen molar-refractivity contribution in [2.75, 3.05) is 6.54 Å². The van der Waals surface area contributed by atoms with Gasteiger partial charge in [0.15, 0.2) is 0 Å². The van der Waals surface area contributed by atoms with Crippen molar-refractivity contribution in [3.05, 3.63) is 35.4 Å². The van der Waals surface area contributed by atoms with E-state index >= 15 is 0 Å². The summed E-state index contributed by atoms with van der Waals surface area (Å²) in [5, 5.41) is 8.85. The number of rotatable bonds is 5. The molecule has 2 rings (SSSR count). The molecule has 0 radical (unpaired) electrons. The molecule has 0 saturated carbocycles. The van der Waals surface area contributed by atoms with E-state index in [2.05, 4.69) is 0 Å². The zero-order chi connectivity index (χ0) is 15.4. The van der Waals surface area contributed by atoms with Crippen LogP contribution in [-0.2, 0) is 20.8 Å². The van der Waals surface area contributed by atoms with Crippen LogP contribution >= 0.6 is 0 Å². The molecular weight excluding hydrogens is 270 g/mol. The maximum absolute atomic E-state index is 12.2. The van der Waals surface area contributed by atoms with E-state index in [0.29, 0.717) is 13.0 Å². The minimum absolute atomic E-state index is 0.0649. The Morgan fingerprint density at radius 2 is 1.90 bits per heavy atom. The van der Waals surface area contributed by atoms with Crippen molar-refractivity contribution in [1.29, 1.82) is 0 Å². The molecule has 0 aliphatic carbocycles. The topological polar surface area (TPSA) is 74.7 Å². The van der Waals surface area contributed by atoms with Crippen LogP contribution in [0.15, 0.2) is 24.3 Å². The number of aryl methyl sites for hydroxylation is 1. The summed E-state index contributed by atoms with van der Waals surface area (Å²) in [4.78, 5) is 36.5. The number of carbonyl (C=O) groups excluding carboxylic acids is 2. The van der Waals surface area contributed by atoms with Gasteiger partial charge in [-0.3, -0.25) is 14.4 Å². The predicted molar refractivity (Wildman–Crippen MR) is 76.9 cm³/mol. The molecule has 1 heterocycles. The fourth-order valence-corrected chi connectivity index (χ4v) is 2.64. The van der Waals surface area contributed by atoms with Gasteiger partial charge in [-0.05, 0) is 25.3 Å². The second-order valence-electron chi connectivity index (χ2n) is 5.48. The molecule has 1 unspecified atom stereocenters. The largest absolute Gasteiger partial charge is 0.481 e. The summed E-state index contributed by atoms with van der Waals surface area (Å²) in [6.45, 7) is 2.42. The van der Waals surface area contributed by atoms with Gasteiger partial charge in [0.25, 0.3) is 5.91 Å². The van der Waals surface area contributed by atoms with Crippen LogP contribution in [0.1, 0.15) is 30.4 Å². The number of hydrogen-bond acceptors (Lipinski definition) is 3. The van der Waals surface area contributed by atoms with E-state index in [1.165, 1.54) is 4.90 Å². The van der Waals surface area contributed by atoms with Gasteiger partial charge in [0.2, 0.25) is 5.78 Å². The highest BCUT2D eigenvalue weighted by atomic mass is 16.4. The Bertz CT molecular complexity index is 550. The van der Waals surface area contributed by atoms with E-state index in [1.54, 1.807) is 0 Å². The van der Waals surface area contributed by atoms with Gasteiger partial charge >= 0.3 is 5.97 Å². The van der Waals surface area contributed by atoms with Gasteiger partial charge < -0.3 is 10.0 Å². The van der Waals surface area contributed by atoms with E-state index in [-0.39, 0.29) is 18.9 Å². The SMILES string of the molecule is Cc1ccc(CC(=O)C(=O)N2CCCC2CC(=O)O)cc1. The van der Waals surface area contributed by atoms with Gasteiger partial charge in [-0.1, -0.05) is 29.8 Å². The van der Waals surface area contributed by atoms with Crippen LogP contribution in [0.4, 0.5) is 0 Å². The van der Waals surface area contributed by atoms with Crippen LogP contribution in [0.2, 0.25) is 0 Å². The number of carboxylic acids is 1. The molecule has 1 aliphatic rings. The number of amides is 1. The fourth-order valence-electron chi connectivity index (χ4n) is 2.64. The van der Waals surface area contributed by atoms with E-state index in [9.17, 15) is 14.4 Å². The van der Waals surface area contributed by atoms with Crippen LogP contribution in [0.25, 0.3) is 0 Å². The zero-order valence-corrected chi connectivity index (χ0v) is 12.0. The fraction of sp³-hybridized carbons (Fsp3) is 0.438. The summed E-state index contributed by atoms with van der Waals surface area (Å²) >= 11 is 0. The van der Waals surface area contributed by atoms with Crippen LogP contribution in [0.5, 0.6) is 0 Å². The number of carbonyl (C=O) groups is 3. The molecule has 5 nitrogen and oxygen atoms in total. The first kappa shape index (κ1) is 15.2. The minimum Gasteiger partial charge on any atom is -0.481 e. The normalized spacial score (nSPS) is 17.8. The van der Waals surface area contributed by atoms with Gasteiger partial charge in [0.1, 0.15) is 0 Å². The summed E-state index contributed by atoms with van der Waals surface area (Å²) in [5.74, 6) is -1.97. The Balaban J connectivity index is 1.99. The highest BCUT2D eigenvalue weighted by molar-refractivity contribution is 6.36. The first-order valence-corrected chi connectivity index (χ1v) is 7.08. The Hall–Kier alpha value is -2.17. The molecule has 1 aliphatic heterocycles. The van der Waals surface area contributed by atoms with Crippen molar-refractivity contribution < 1.29 is 19.5 Å². The monoisotopic (exact) mass is 289 g/mol. The van der Waals surface area contributed by atoms with Crippen LogP contribution < -0.4 is 0 Å². The number of Topliss-reactive ketones (excluding diaryl/α,β-unsaturated/α-hetero) is 1. The van der Waals surface area contributed by atoms with E-state index in [4.69, 9.17) is 5.11 Å². The number of likely N-dealkylation sites (tertiary alicyclic amines) is 1.